The van der Waals surface area contributed by atoms with E-state index in [-0.39, 0.29) is 11.8 Å². The van der Waals surface area contributed by atoms with Crippen LogP contribution in [0.5, 0.6) is 0 Å². The molecule has 0 spiro atoms. The van der Waals surface area contributed by atoms with E-state index in [1.165, 1.54) is 32.1 Å². The van der Waals surface area contributed by atoms with Gasteiger partial charge in [-0.2, -0.15) is 0 Å². The number of nitrogens with one attached hydrogen (secondary N) is 1. The molecular formula is C20H31N5O. The molecule has 1 aromatic heterocycles. The van der Waals surface area contributed by atoms with E-state index >= 15 is 0 Å². The summed E-state index contributed by atoms with van der Waals surface area (Å²) in [6.07, 6.45) is 14.4. The molecule has 0 unspecified atom stereocenters. The zero-order valence-corrected chi connectivity index (χ0v) is 15.7. The van der Waals surface area contributed by atoms with E-state index in [0.717, 1.165) is 63.5 Å². The molecule has 2 saturated heterocycles. The molecule has 26 heavy (non-hydrogen) atoms. The van der Waals surface area contributed by atoms with Gasteiger partial charge in [-0.25, -0.2) is 9.97 Å². The van der Waals surface area contributed by atoms with Crippen LogP contribution in [0.4, 0.5) is 11.6 Å². The summed E-state index contributed by atoms with van der Waals surface area (Å²) in [5, 5.41) is 3.29. The molecule has 3 aliphatic rings. The monoisotopic (exact) mass is 357 g/mol. The maximum Gasteiger partial charge on any atom is 0.225 e. The molecule has 1 N–H and O–H groups in total. The van der Waals surface area contributed by atoms with Crippen molar-refractivity contribution in [1.82, 2.24) is 15.3 Å². The summed E-state index contributed by atoms with van der Waals surface area (Å²) in [5.74, 6) is 1.29. The van der Waals surface area contributed by atoms with Gasteiger partial charge in [-0.1, -0.05) is 19.3 Å². The van der Waals surface area contributed by atoms with E-state index in [1.807, 2.05) is 12.4 Å². The highest BCUT2D eigenvalue weighted by Crippen LogP contribution is 2.25. The predicted octanol–water partition coefficient (Wildman–Crippen LogP) is 2.74. The normalized spacial score (nSPS) is 22.6. The summed E-state index contributed by atoms with van der Waals surface area (Å²) in [6, 6.07) is 0.417. The first kappa shape index (κ1) is 17.6. The Balaban J connectivity index is 1.27. The maximum absolute atomic E-state index is 12.5. The quantitative estimate of drug-likeness (QED) is 0.898. The van der Waals surface area contributed by atoms with Gasteiger partial charge in [0.25, 0.3) is 0 Å². The van der Waals surface area contributed by atoms with Gasteiger partial charge < -0.3 is 15.1 Å². The molecule has 1 amide bonds. The minimum Gasteiger partial charge on any atom is -0.369 e. The molecule has 0 bridgehead atoms. The van der Waals surface area contributed by atoms with Gasteiger partial charge in [0.15, 0.2) is 0 Å². The van der Waals surface area contributed by atoms with Gasteiger partial charge in [0.05, 0.1) is 18.1 Å². The van der Waals surface area contributed by atoms with Gasteiger partial charge in [-0.3, -0.25) is 4.79 Å². The van der Waals surface area contributed by atoms with Crippen LogP contribution in [0.25, 0.3) is 0 Å². The second-order valence-corrected chi connectivity index (χ2v) is 8.04. The minimum absolute atomic E-state index is 0.165. The first-order valence-corrected chi connectivity index (χ1v) is 10.4. The second-order valence-electron chi connectivity index (χ2n) is 8.04. The Bertz CT molecular complexity index is 585. The average Bonchev–Trinajstić information content (AvgIpc) is 3.24. The van der Waals surface area contributed by atoms with E-state index in [0.29, 0.717) is 6.04 Å². The van der Waals surface area contributed by atoms with Gasteiger partial charge in [0, 0.05) is 38.1 Å². The van der Waals surface area contributed by atoms with Crippen LogP contribution < -0.4 is 15.1 Å². The molecule has 142 valence electrons. The Hall–Kier alpha value is -1.85. The fourth-order valence-corrected chi connectivity index (χ4v) is 4.52. The van der Waals surface area contributed by atoms with Crippen molar-refractivity contribution in [2.24, 2.45) is 5.92 Å². The highest BCUT2D eigenvalue weighted by molar-refractivity contribution is 5.79. The maximum atomic E-state index is 12.5. The zero-order valence-electron chi connectivity index (χ0n) is 15.7. The Labute approximate surface area is 156 Å². The number of amides is 1. The summed E-state index contributed by atoms with van der Waals surface area (Å²) < 4.78 is 0. The van der Waals surface area contributed by atoms with Crippen molar-refractivity contribution in [3.8, 4) is 0 Å². The van der Waals surface area contributed by atoms with E-state index in [2.05, 4.69) is 25.1 Å². The lowest BCUT2D eigenvalue weighted by molar-refractivity contribution is -0.126. The number of hydrogen-bond acceptors (Lipinski definition) is 5. The number of piperidine rings is 1. The number of rotatable bonds is 4. The second kappa shape index (κ2) is 8.23. The summed E-state index contributed by atoms with van der Waals surface area (Å²) in [6.45, 7) is 3.96. The predicted molar refractivity (Wildman–Crippen MR) is 103 cm³/mol. The van der Waals surface area contributed by atoms with Crippen molar-refractivity contribution in [3.05, 3.63) is 12.4 Å². The standard InChI is InChI=1S/C20H31N5O/c26-19(23-17-6-2-1-3-7-17)16-8-12-24(13-9-16)18-14-21-20(22-15-18)25-10-4-5-11-25/h14-17H,1-13H2,(H,23,26). The fraction of sp³-hybridized carbons (Fsp3) is 0.750. The van der Waals surface area contributed by atoms with Crippen LogP contribution in [0.3, 0.4) is 0 Å². The Kier molecular flexibility index (Phi) is 5.56. The summed E-state index contributed by atoms with van der Waals surface area (Å²) in [4.78, 5) is 26.2. The number of carbonyl (C=O) groups is 1. The van der Waals surface area contributed by atoms with Crippen LogP contribution in [0.1, 0.15) is 57.8 Å². The molecule has 0 aromatic carbocycles. The molecule has 6 heteroatoms. The van der Waals surface area contributed by atoms with Gasteiger partial charge in [-0.15, -0.1) is 0 Å². The number of anilines is 2. The van der Waals surface area contributed by atoms with Crippen LogP contribution in [-0.2, 0) is 4.79 Å². The Morgan fingerprint density at radius 1 is 0.846 bits per heavy atom. The van der Waals surface area contributed by atoms with Crippen molar-refractivity contribution >= 4 is 17.5 Å². The molecular weight excluding hydrogens is 326 g/mol. The third-order valence-electron chi connectivity index (χ3n) is 6.20. The van der Waals surface area contributed by atoms with Crippen molar-refractivity contribution < 1.29 is 4.79 Å². The lowest BCUT2D eigenvalue weighted by atomic mass is 9.92. The summed E-state index contributed by atoms with van der Waals surface area (Å²) >= 11 is 0. The Morgan fingerprint density at radius 3 is 2.15 bits per heavy atom. The van der Waals surface area contributed by atoms with Gasteiger partial charge >= 0.3 is 0 Å². The van der Waals surface area contributed by atoms with E-state index < -0.39 is 0 Å². The molecule has 2 aliphatic heterocycles. The van der Waals surface area contributed by atoms with Gasteiger partial charge in [0.1, 0.15) is 0 Å². The molecule has 0 radical (unpaired) electrons. The van der Waals surface area contributed by atoms with Crippen LogP contribution in [0.2, 0.25) is 0 Å². The SMILES string of the molecule is O=C(NC1CCCCC1)C1CCN(c2cnc(N3CCCC3)nc2)CC1. The van der Waals surface area contributed by atoms with E-state index in [9.17, 15) is 4.79 Å². The van der Waals surface area contributed by atoms with Crippen LogP contribution in [-0.4, -0.2) is 48.1 Å². The minimum atomic E-state index is 0.165. The first-order chi connectivity index (χ1) is 12.8. The largest absolute Gasteiger partial charge is 0.369 e. The van der Waals surface area contributed by atoms with Crippen LogP contribution in [0, 0.1) is 5.92 Å². The van der Waals surface area contributed by atoms with E-state index in [4.69, 9.17) is 0 Å². The van der Waals surface area contributed by atoms with Crippen molar-refractivity contribution in [3.63, 3.8) is 0 Å². The van der Waals surface area contributed by atoms with Gasteiger partial charge in [-0.05, 0) is 38.5 Å². The lowest BCUT2D eigenvalue weighted by Crippen LogP contribution is -2.44. The van der Waals surface area contributed by atoms with Crippen LogP contribution >= 0.6 is 0 Å². The molecule has 0 atom stereocenters. The average molecular weight is 358 g/mol. The molecule has 4 rings (SSSR count). The third kappa shape index (κ3) is 4.10. The highest BCUT2D eigenvalue weighted by atomic mass is 16.1. The lowest BCUT2D eigenvalue weighted by Gasteiger charge is -2.33. The smallest absolute Gasteiger partial charge is 0.225 e. The van der Waals surface area contributed by atoms with Crippen molar-refractivity contribution in [2.75, 3.05) is 36.0 Å². The van der Waals surface area contributed by atoms with Crippen LogP contribution in [0.15, 0.2) is 12.4 Å². The molecule has 1 aliphatic carbocycles. The van der Waals surface area contributed by atoms with Crippen molar-refractivity contribution in [2.45, 2.75) is 63.8 Å². The van der Waals surface area contributed by atoms with Gasteiger partial charge in [0.2, 0.25) is 11.9 Å². The zero-order chi connectivity index (χ0) is 17.8. The van der Waals surface area contributed by atoms with E-state index in [1.54, 1.807) is 0 Å². The number of hydrogen-bond donors (Lipinski definition) is 1. The topological polar surface area (TPSA) is 61.4 Å². The third-order valence-corrected chi connectivity index (χ3v) is 6.20. The summed E-state index contributed by atoms with van der Waals surface area (Å²) in [7, 11) is 0. The molecule has 6 nitrogen and oxygen atoms in total. The molecule has 3 heterocycles. The number of aromatic nitrogens is 2. The first-order valence-electron chi connectivity index (χ1n) is 10.4. The highest BCUT2D eigenvalue weighted by Gasteiger charge is 2.27. The molecule has 1 saturated carbocycles. The molecule has 1 aromatic rings. The number of nitrogens with zero attached hydrogens (tertiary/aromatic N) is 4. The molecule has 3 fully saturated rings. The fourth-order valence-electron chi connectivity index (χ4n) is 4.52. The van der Waals surface area contributed by atoms with Crippen molar-refractivity contribution in [1.29, 1.82) is 0 Å². The Morgan fingerprint density at radius 2 is 1.50 bits per heavy atom. The number of carbonyl (C=O) groups excluding carboxylic acids is 1. The summed E-state index contributed by atoms with van der Waals surface area (Å²) in [5.41, 5.74) is 1.08.